The number of hydrogen-bond acceptors (Lipinski definition) is 2. The smallest absolute Gasteiger partial charge is 0.164 e. The van der Waals surface area contributed by atoms with Gasteiger partial charge >= 0.3 is 0 Å². The molecule has 0 atom stereocenters. The Labute approximate surface area is 134 Å². The largest absolute Gasteiger partial charge is 0.307 e. The van der Waals surface area contributed by atoms with Crippen LogP contribution in [0.4, 0.5) is 0 Å². The van der Waals surface area contributed by atoms with E-state index in [1.54, 1.807) is 0 Å². The summed E-state index contributed by atoms with van der Waals surface area (Å²) in [7, 11) is 0. The average Bonchev–Trinajstić information content (AvgIpc) is 2.48. The highest BCUT2D eigenvalue weighted by Gasteiger charge is 2.19. The van der Waals surface area contributed by atoms with E-state index in [1.807, 2.05) is 42.5 Å². The first-order chi connectivity index (χ1) is 9.99. The minimum Gasteiger partial charge on any atom is -0.307 e. The minimum absolute atomic E-state index is 0.155. The van der Waals surface area contributed by atoms with Crippen molar-refractivity contribution < 1.29 is 4.79 Å². The zero-order valence-corrected chi connectivity index (χ0v) is 14.0. The molecule has 0 radical (unpaired) electrons. The van der Waals surface area contributed by atoms with Crippen LogP contribution >= 0.6 is 15.9 Å². The number of ketones is 1. The molecule has 0 fully saturated rings. The maximum atomic E-state index is 12.1. The van der Waals surface area contributed by atoms with Gasteiger partial charge in [-0.05, 0) is 31.5 Å². The molecule has 0 unspecified atom stereocenters. The predicted molar refractivity (Wildman–Crippen MR) is 90.6 cm³/mol. The molecule has 0 bridgehead atoms. The van der Waals surface area contributed by atoms with Crippen LogP contribution in [0, 0.1) is 0 Å². The summed E-state index contributed by atoms with van der Waals surface area (Å²) in [5.41, 5.74) is 1.83. The van der Waals surface area contributed by atoms with Gasteiger partial charge in [-0.25, -0.2) is 0 Å². The van der Waals surface area contributed by atoms with Gasteiger partial charge in [0.1, 0.15) is 0 Å². The van der Waals surface area contributed by atoms with Crippen LogP contribution < -0.4 is 5.32 Å². The topological polar surface area (TPSA) is 29.1 Å². The summed E-state index contributed by atoms with van der Waals surface area (Å²) < 4.78 is 1.07. The molecule has 2 nitrogen and oxygen atoms in total. The number of halogens is 1. The molecule has 0 aromatic heterocycles. The summed E-state index contributed by atoms with van der Waals surface area (Å²) >= 11 is 3.44. The molecule has 2 rings (SSSR count). The van der Waals surface area contributed by atoms with Crippen LogP contribution in [0.2, 0.25) is 0 Å². The van der Waals surface area contributed by atoms with E-state index in [1.165, 1.54) is 5.56 Å². The van der Waals surface area contributed by atoms with Gasteiger partial charge in [-0.3, -0.25) is 4.79 Å². The molecule has 21 heavy (non-hydrogen) atoms. The summed E-state index contributed by atoms with van der Waals surface area (Å²) in [5, 5.41) is 3.46. The molecule has 2 aromatic carbocycles. The Morgan fingerprint density at radius 3 is 2.29 bits per heavy atom. The first-order valence-corrected chi connectivity index (χ1v) is 7.88. The lowest BCUT2D eigenvalue weighted by atomic mass is 9.94. The zero-order chi connectivity index (χ0) is 15.3. The van der Waals surface area contributed by atoms with Crippen LogP contribution in [0.1, 0.15) is 36.2 Å². The van der Waals surface area contributed by atoms with E-state index in [0.717, 1.165) is 10.0 Å². The van der Waals surface area contributed by atoms with Crippen molar-refractivity contribution in [1.82, 2.24) is 5.32 Å². The van der Waals surface area contributed by atoms with Crippen LogP contribution in [0.3, 0.4) is 0 Å². The molecular weight excluding hydrogens is 326 g/mol. The number of rotatable bonds is 6. The van der Waals surface area contributed by atoms with Crippen molar-refractivity contribution in [2.75, 3.05) is 6.54 Å². The third kappa shape index (κ3) is 4.51. The summed E-state index contributed by atoms with van der Waals surface area (Å²) in [4.78, 5) is 12.1. The lowest BCUT2D eigenvalue weighted by Crippen LogP contribution is -2.37. The third-order valence-electron chi connectivity index (χ3n) is 3.58. The van der Waals surface area contributed by atoms with Crippen LogP contribution in [-0.4, -0.2) is 12.3 Å². The molecular formula is C18H20BrNO. The van der Waals surface area contributed by atoms with Crippen molar-refractivity contribution in [3.8, 4) is 0 Å². The van der Waals surface area contributed by atoms with Gasteiger partial charge in [0.15, 0.2) is 5.78 Å². The molecule has 0 amide bonds. The molecule has 110 valence electrons. The third-order valence-corrected chi connectivity index (χ3v) is 4.11. The van der Waals surface area contributed by atoms with Crippen LogP contribution in [-0.2, 0) is 5.54 Å². The van der Waals surface area contributed by atoms with E-state index in [-0.39, 0.29) is 11.3 Å². The molecule has 0 heterocycles. The standard InChI is InChI=1S/C18H20BrNO/c1-18(2,15-8-10-16(19)11-9-15)20-13-12-17(21)14-6-4-3-5-7-14/h3-11,20H,12-13H2,1-2H3. The molecule has 0 saturated carbocycles. The molecule has 2 aromatic rings. The molecule has 0 aliphatic heterocycles. The lowest BCUT2D eigenvalue weighted by Gasteiger charge is -2.27. The molecule has 0 aliphatic rings. The van der Waals surface area contributed by atoms with Crippen LogP contribution in [0.15, 0.2) is 59.1 Å². The molecule has 0 aliphatic carbocycles. The second kappa shape index (κ2) is 7.01. The van der Waals surface area contributed by atoms with Gasteiger partial charge in [-0.1, -0.05) is 58.4 Å². The van der Waals surface area contributed by atoms with Gasteiger partial charge in [0, 0.05) is 28.5 Å². The van der Waals surface area contributed by atoms with Gasteiger partial charge in [0.2, 0.25) is 0 Å². The Morgan fingerprint density at radius 2 is 1.67 bits per heavy atom. The van der Waals surface area contributed by atoms with E-state index in [2.05, 4.69) is 47.2 Å². The quantitative estimate of drug-likeness (QED) is 0.778. The van der Waals surface area contributed by atoms with Crippen molar-refractivity contribution in [3.05, 3.63) is 70.2 Å². The fourth-order valence-electron chi connectivity index (χ4n) is 2.23. The number of hydrogen-bond donors (Lipinski definition) is 1. The van der Waals surface area contributed by atoms with Gasteiger partial charge in [-0.2, -0.15) is 0 Å². The van der Waals surface area contributed by atoms with Crippen molar-refractivity contribution >= 4 is 21.7 Å². The fourth-order valence-corrected chi connectivity index (χ4v) is 2.49. The average molecular weight is 346 g/mol. The van der Waals surface area contributed by atoms with Crippen molar-refractivity contribution in [2.24, 2.45) is 0 Å². The number of nitrogens with one attached hydrogen (secondary N) is 1. The van der Waals surface area contributed by atoms with Gasteiger partial charge < -0.3 is 5.32 Å². The summed E-state index contributed by atoms with van der Waals surface area (Å²) in [5.74, 6) is 0.176. The Morgan fingerprint density at radius 1 is 1.05 bits per heavy atom. The minimum atomic E-state index is -0.155. The zero-order valence-electron chi connectivity index (χ0n) is 12.4. The number of carbonyl (C=O) groups excluding carboxylic acids is 1. The predicted octanol–water partition coefficient (Wildman–Crippen LogP) is 4.55. The van der Waals surface area contributed by atoms with Crippen LogP contribution in [0.5, 0.6) is 0 Å². The highest BCUT2D eigenvalue weighted by molar-refractivity contribution is 9.10. The Bertz CT molecular complexity index is 590. The van der Waals surface area contributed by atoms with E-state index < -0.39 is 0 Å². The lowest BCUT2D eigenvalue weighted by molar-refractivity contribution is 0.0980. The maximum Gasteiger partial charge on any atom is 0.164 e. The normalized spacial score (nSPS) is 11.4. The monoisotopic (exact) mass is 345 g/mol. The second-order valence-corrected chi connectivity index (χ2v) is 6.51. The van der Waals surface area contributed by atoms with Gasteiger partial charge in [0.25, 0.3) is 0 Å². The summed E-state index contributed by atoms with van der Waals surface area (Å²) in [6.45, 7) is 4.92. The van der Waals surface area contributed by atoms with Gasteiger partial charge in [-0.15, -0.1) is 0 Å². The SMILES string of the molecule is CC(C)(NCCC(=O)c1ccccc1)c1ccc(Br)cc1. The highest BCUT2D eigenvalue weighted by Crippen LogP contribution is 2.22. The highest BCUT2D eigenvalue weighted by atomic mass is 79.9. The molecule has 0 saturated heterocycles. The van der Waals surface area contributed by atoms with E-state index in [4.69, 9.17) is 0 Å². The van der Waals surface area contributed by atoms with Crippen molar-refractivity contribution in [1.29, 1.82) is 0 Å². The molecule has 1 N–H and O–H groups in total. The second-order valence-electron chi connectivity index (χ2n) is 5.60. The Balaban J connectivity index is 1.90. The van der Waals surface area contributed by atoms with Gasteiger partial charge in [0.05, 0.1) is 0 Å². The first-order valence-electron chi connectivity index (χ1n) is 7.08. The van der Waals surface area contributed by atoms with Crippen molar-refractivity contribution in [3.63, 3.8) is 0 Å². The molecule has 0 spiro atoms. The van der Waals surface area contributed by atoms with E-state index in [0.29, 0.717) is 13.0 Å². The number of Topliss-reactive ketones (excluding diaryl/α,β-unsaturated/α-hetero) is 1. The van der Waals surface area contributed by atoms with E-state index >= 15 is 0 Å². The Hall–Kier alpha value is -1.45. The maximum absolute atomic E-state index is 12.1. The summed E-state index contributed by atoms with van der Waals surface area (Å²) in [6, 6.07) is 17.7. The van der Waals surface area contributed by atoms with E-state index in [9.17, 15) is 4.79 Å². The van der Waals surface area contributed by atoms with Crippen molar-refractivity contribution in [2.45, 2.75) is 25.8 Å². The first kappa shape index (κ1) is 15.9. The fraction of sp³-hybridized carbons (Fsp3) is 0.278. The number of carbonyl (C=O) groups is 1. The number of benzene rings is 2. The Kier molecular flexibility index (Phi) is 5.32. The van der Waals surface area contributed by atoms with Crippen LogP contribution in [0.25, 0.3) is 0 Å². The molecule has 3 heteroatoms. The summed E-state index contributed by atoms with van der Waals surface area (Å²) in [6.07, 6.45) is 0.504.